The van der Waals surface area contributed by atoms with Gasteiger partial charge in [0.2, 0.25) is 5.91 Å². The van der Waals surface area contributed by atoms with Gasteiger partial charge in [-0.05, 0) is 40.5 Å². The number of carbonyl (C=O) groups excluding carboxylic acids is 1. The predicted octanol–water partition coefficient (Wildman–Crippen LogP) is 5.63. The first-order chi connectivity index (χ1) is 12.6. The SMILES string of the molecule is CC1(CC(F)(F)C(F)(F)Br)C(=O)n2c(nc3ccccc32)-c2ccccc21. The van der Waals surface area contributed by atoms with Crippen LogP contribution in [-0.4, -0.2) is 26.2 Å². The fourth-order valence-corrected chi connectivity index (χ4v) is 3.79. The number of carbonyl (C=O) groups is 1. The van der Waals surface area contributed by atoms with E-state index in [1.807, 2.05) is 0 Å². The molecule has 0 aliphatic carbocycles. The normalized spacial score (nSPS) is 19.9. The van der Waals surface area contributed by atoms with Crippen molar-refractivity contribution < 1.29 is 22.4 Å². The molecule has 4 rings (SSSR count). The fourth-order valence-electron chi connectivity index (χ4n) is 3.65. The van der Waals surface area contributed by atoms with E-state index in [1.54, 1.807) is 58.4 Å². The maximum atomic E-state index is 14.3. The molecular weight excluding hydrogens is 428 g/mol. The van der Waals surface area contributed by atoms with Crippen LogP contribution in [0.3, 0.4) is 0 Å². The molecule has 1 aliphatic heterocycles. The highest BCUT2D eigenvalue weighted by Crippen LogP contribution is 2.51. The number of nitrogens with zero attached hydrogens (tertiary/aromatic N) is 2. The third-order valence-electron chi connectivity index (χ3n) is 4.99. The number of benzene rings is 2. The summed E-state index contributed by atoms with van der Waals surface area (Å²) in [7, 11) is 0. The van der Waals surface area contributed by atoms with Gasteiger partial charge < -0.3 is 0 Å². The first-order valence-electron chi connectivity index (χ1n) is 8.13. The molecular formula is C19H13BrF4N2O. The van der Waals surface area contributed by atoms with Crippen LogP contribution in [0.1, 0.15) is 23.7 Å². The van der Waals surface area contributed by atoms with E-state index in [2.05, 4.69) is 4.98 Å². The van der Waals surface area contributed by atoms with Crippen LogP contribution in [-0.2, 0) is 5.41 Å². The highest BCUT2D eigenvalue weighted by Gasteiger charge is 2.60. The molecule has 2 aromatic carbocycles. The van der Waals surface area contributed by atoms with Crippen molar-refractivity contribution in [1.29, 1.82) is 0 Å². The molecule has 1 unspecified atom stereocenters. The number of imidazole rings is 1. The second kappa shape index (κ2) is 5.64. The monoisotopic (exact) mass is 440 g/mol. The third-order valence-corrected chi connectivity index (χ3v) is 5.57. The zero-order valence-electron chi connectivity index (χ0n) is 14.0. The third kappa shape index (κ3) is 2.53. The van der Waals surface area contributed by atoms with E-state index in [-0.39, 0.29) is 5.56 Å². The second-order valence-electron chi connectivity index (χ2n) is 6.82. The summed E-state index contributed by atoms with van der Waals surface area (Å²) in [5, 5.41) is 0. The number of hydrogen-bond donors (Lipinski definition) is 0. The van der Waals surface area contributed by atoms with E-state index < -0.39 is 28.5 Å². The van der Waals surface area contributed by atoms with E-state index in [1.165, 1.54) is 17.6 Å². The van der Waals surface area contributed by atoms with Gasteiger partial charge in [0.05, 0.1) is 16.4 Å². The number of hydrogen-bond acceptors (Lipinski definition) is 2. The first-order valence-corrected chi connectivity index (χ1v) is 8.92. The summed E-state index contributed by atoms with van der Waals surface area (Å²) in [6.07, 6.45) is -1.35. The Morgan fingerprint density at radius 2 is 1.70 bits per heavy atom. The van der Waals surface area contributed by atoms with Crippen molar-refractivity contribution in [3.8, 4) is 11.4 Å². The van der Waals surface area contributed by atoms with Crippen LogP contribution in [0.15, 0.2) is 48.5 Å². The summed E-state index contributed by atoms with van der Waals surface area (Å²) in [5.74, 6) is -4.82. The highest BCUT2D eigenvalue weighted by atomic mass is 79.9. The lowest BCUT2D eigenvalue weighted by atomic mass is 9.72. The second-order valence-corrected chi connectivity index (χ2v) is 7.82. The Balaban J connectivity index is 1.99. The van der Waals surface area contributed by atoms with Crippen LogP contribution in [0.25, 0.3) is 22.4 Å². The summed E-state index contributed by atoms with van der Waals surface area (Å²) in [5.41, 5.74) is -0.142. The molecule has 1 aromatic heterocycles. The molecule has 0 N–H and O–H groups in total. The van der Waals surface area contributed by atoms with Crippen LogP contribution in [0.5, 0.6) is 0 Å². The van der Waals surface area contributed by atoms with Crippen molar-refractivity contribution >= 4 is 32.9 Å². The molecule has 8 heteroatoms. The molecule has 2 heterocycles. The maximum Gasteiger partial charge on any atom is 0.363 e. The largest absolute Gasteiger partial charge is 0.363 e. The Morgan fingerprint density at radius 1 is 1.07 bits per heavy atom. The Labute approximate surface area is 160 Å². The van der Waals surface area contributed by atoms with Crippen molar-refractivity contribution in [1.82, 2.24) is 9.55 Å². The number of para-hydroxylation sites is 2. The number of fused-ring (bicyclic) bond motifs is 5. The van der Waals surface area contributed by atoms with Crippen molar-refractivity contribution in [2.75, 3.05) is 0 Å². The zero-order chi connectivity index (χ0) is 19.6. The molecule has 0 amide bonds. The predicted molar refractivity (Wildman–Crippen MR) is 96.6 cm³/mol. The van der Waals surface area contributed by atoms with Gasteiger partial charge in [-0.15, -0.1) is 0 Å². The standard InChI is InChI=1S/C19H13BrF4N2O/c1-17(10-18(21,22)19(20,23)24)12-7-3-2-6-11(12)15-25-13-8-4-5-9-14(13)26(15)16(17)27/h2-9H,10H2,1H3. The molecule has 0 spiro atoms. The number of aromatic nitrogens is 2. The van der Waals surface area contributed by atoms with Crippen LogP contribution in [0.2, 0.25) is 0 Å². The molecule has 1 aliphatic rings. The Morgan fingerprint density at radius 3 is 2.41 bits per heavy atom. The summed E-state index contributed by atoms with van der Waals surface area (Å²) in [6.45, 7) is 1.28. The average molecular weight is 441 g/mol. The zero-order valence-corrected chi connectivity index (χ0v) is 15.6. The Hall–Kier alpha value is -2.22. The van der Waals surface area contributed by atoms with Crippen LogP contribution in [0, 0.1) is 0 Å². The molecule has 0 fully saturated rings. The van der Waals surface area contributed by atoms with Gasteiger partial charge in [0.15, 0.2) is 0 Å². The van der Waals surface area contributed by atoms with Crippen LogP contribution >= 0.6 is 15.9 Å². The molecule has 0 radical (unpaired) electrons. The van der Waals surface area contributed by atoms with Crippen molar-refractivity contribution in [2.24, 2.45) is 0 Å². The molecule has 1 atom stereocenters. The van der Waals surface area contributed by atoms with Crippen molar-refractivity contribution in [3.63, 3.8) is 0 Å². The molecule has 0 bridgehead atoms. The summed E-state index contributed by atoms with van der Waals surface area (Å²) in [4.78, 5) is 13.3. The molecule has 0 saturated carbocycles. The smallest absolute Gasteiger partial charge is 0.273 e. The average Bonchev–Trinajstić information content (AvgIpc) is 2.98. The van der Waals surface area contributed by atoms with Gasteiger partial charge in [-0.2, -0.15) is 17.6 Å². The quantitative estimate of drug-likeness (QED) is 0.390. The molecule has 3 aromatic rings. The van der Waals surface area contributed by atoms with Crippen molar-refractivity contribution in [3.05, 3.63) is 54.1 Å². The molecule has 27 heavy (non-hydrogen) atoms. The minimum absolute atomic E-state index is 0.259. The van der Waals surface area contributed by atoms with Gasteiger partial charge in [-0.25, -0.2) is 4.98 Å². The van der Waals surface area contributed by atoms with E-state index in [9.17, 15) is 22.4 Å². The fraction of sp³-hybridized carbons (Fsp3) is 0.263. The summed E-state index contributed by atoms with van der Waals surface area (Å²) >= 11 is 1.76. The Bertz CT molecular complexity index is 1070. The first kappa shape index (κ1) is 18.2. The lowest BCUT2D eigenvalue weighted by Crippen LogP contribution is -2.48. The highest BCUT2D eigenvalue weighted by molar-refractivity contribution is 9.10. The van der Waals surface area contributed by atoms with E-state index in [0.717, 1.165) is 0 Å². The number of halogens is 5. The molecule has 0 saturated heterocycles. The molecule has 3 nitrogen and oxygen atoms in total. The van der Waals surface area contributed by atoms with Gasteiger partial charge in [0.1, 0.15) is 5.82 Å². The van der Waals surface area contributed by atoms with E-state index in [0.29, 0.717) is 22.4 Å². The van der Waals surface area contributed by atoms with Crippen molar-refractivity contribution in [2.45, 2.75) is 29.5 Å². The maximum absolute atomic E-state index is 14.3. The number of rotatable bonds is 3. The lowest BCUT2D eigenvalue weighted by molar-refractivity contribution is -0.158. The molecule has 140 valence electrons. The minimum Gasteiger partial charge on any atom is -0.273 e. The van der Waals surface area contributed by atoms with Gasteiger partial charge in [-0.3, -0.25) is 9.36 Å². The number of alkyl halides is 5. The van der Waals surface area contributed by atoms with Gasteiger partial charge >= 0.3 is 10.8 Å². The summed E-state index contributed by atoms with van der Waals surface area (Å²) < 4.78 is 56.7. The van der Waals surface area contributed by atoms with Gasteiger partial charge in [0, 0.05) is 12.0 Å². The van der Waals surface area contributed by atoms with E-state index in [4.69, 9.17) is 0 Å². The summed E-state index contributed by atoms with van der Waals surface area (Å²) in [6, 6.07) is 13.2. The topological polar surface area (TPSA) is 34.9 Å². The minimum atomic E-state index is -4.44. The van der Waals surface area contributed by atoms with Crippen LogP contribution in [0.4, 0.5) is 17.6 Å². The Kier molecular flexibility index (Phi) is 3.79. The van der Waals surface area contributed by atoms with Gasteiger partial charge in [-0.1, -0.05) is 36.4 Å². The lowest BCUT2D eigenvalue weighted by Gasteiger charge is -2.38. The van der Waals surface area contributed by atoms with E-state index >= 15 is 0 Å². The van der Waals surface area contributed by atoms with Gasteiger partial charge in [0.25, 0.3) is 0 Å². The van der Waals surface area contributed by atoms with Crippen LogP contribution < -0.4 is 0 Å².